The van der Waals surface area contributed by atoms with Gasteiger partial charge < -0.3 is 9.84 Å². The van der Waals surface area contributed by atoms with Crippen molar-refractivity contribution in [2.24, 2.45) is 11.8 Å². The van der Waals surface area contributed by atoms with E-state index in [2.05, 4.69) is 6.92 Å². The lowest BCUT2D eigenvalue weighted by Crippen LogP contribution is -2.25. The molecule has 0 bridgehead atoms. The van der Waals surface area contributed by atoms with Crippen LogP contribution in [0.1, 0.15) is 19.8 Å². The Balaban J connectivity index is 1.86. The Labute approximate surface area is 62.2 Å². The van der Waals surface area contributed by atoms with Gasteiger partial charge in [-0.05, 0) is 24.7 Å². The minimum atomic E-state index is 0.155. The average Bonchev–Trinajstić information content (AvgIpc) is 1.85. The molecule has 60 valence electrons. The first-order chi connectivity index (χ1) is 4.83. The molecule has 1 rings (SSSR count). The van der Waals surface area contributed by atoms with Crippen LogP contribution in [0.4, 0.5) is 0 Å². The highest BCUT2D eigenvalue weighted by Gasteiger charge is 2.24. The maximum absolute atomic E-state index is 8.40. The molecule has 1 N–H and O–H groups in total. The van der Waals surface area contributed by atoms with Gasteiger partial charge in [-0.1, -0.05) is 6.92 Å². The summed E-state index contributed by atoms with van der Waals surface area (Å²) < 4.78 is 5.19. The lowest BCUT2D eigenvalue weighted by Gasteiger charge is -2.32. The molecule has 10 heavy (non-hydrogen) atoms. The summed E-state index contributed by atoms with van der Waals surface area (Å²) in [7, 11) is 0. The molecule has 0 amide bonds. The SMILES string of the molecule is CC1CC(COCCO)C1. The van der Waals surface area contributed by atoms with Crippen LogP contribution < -0.4 is 0 Å². The number of aliphatic hydroxyl groups is 1. The van der Waals surface area contributed by atoms with Crippen molar-refractivity contribution in [1.29, 1.82) is 0 Å². The molecule has 0 aromatic carbocycles. The molecular formula is C8H16O2. The van der Waals surface area contributed by atoms with Crippen molar-refractivity contribution < 1.29 is 9.84 Å². The number of ether oxygens (including phenoxy) is 1. The third-order valence-electron chi connectivity index (χ3n) is 2.06. The molecule has 0 radical (unpaired) electrons. The summed E-state index contributed by atoms with van der Waals surface area (Å²) in [5, 5.41) is 8.40. The van der Waals surface area contributed by atoms with Crippen LogP contribution >= 0.6 is 0 Å². The van der Waals surface area contributed by atoms with E-state index in [0.717, 1.165) is 18.4 Å². The third kappa shape index (κ3) is 2.27. The Morgan fingerprint density at radius 1 is 1.50 bits per heavy atom. The van der Waals surface area contributed by atoms with Crippen LogP contribution in [0.3, 0.4) is 0 Å². The summed E-state index contributed by atoms with van der Waals surface area (Å²) in [5.74, 6) is 1.68. The lowest BCUT2D eigenvalue weighted by atomic mass is 9.77. The standard InChI is InChI=1S/C8H16O2/c1-7-4-8(5-7)6-10-3-2-9/h7-9H,2-6H2,1H3. The zero-order chi connectivity index (χ0) is 7.40. The molecule has 2 heteroatoms. The Hall–Kier alpha value is -0.0800. The van der Waals surface area contributed by atoms with Crippen molar-refractivity contribution in [3.05, 3.63) is 0 Å². The molecule has 0 unspecified atom stereocenters. The minimum absolute atomic E-state index is 0.155. The van der Waals surface area contributed by atoms with Gasteiger partial charge in [-0.3, -0.25) is 0 Å². The first-order valence-electron chi connectivity index (χ1n) is 4.01. The number of rotatable bonds is 4. The molecule has 1 saturated carbocycles. The summed E-state index contributed by atoms with van der Waals surface area (Å²) in [5.41, 5.74) is 0. The van der Waals surface area contributed by atoms with Gasteiger partial charge in [0.2, 0.25) is 0 Å². The summed E-state index contributed by atoms with van der Waals surface area (Å²) in [6, 6.07) is 0. The minimum Gasteiger partial charge on any atom is -0.394 e. The van der Waals surface area contributed by atoms with E-state index in [1.54, 1.807) is 0 Å². The van der Waals surface area contributed by atoms with Gasteiger partial charge in [0.25, 0.3) is 0 Å². The number of hydrogen-bond donors (Lipinski definition) is 1. The maximum Gasteiger partial charge on any atom is 0.0697 e. The molecule has 0 aliphatic heterocycles. The van der Waals surface area contributed by atoms with Crippen LogP contribution in [-0.2, 0) is 4.74 Å². The Morgan fingerprint density at radius 3 is 2.70 bits per heavy atom. The van der Waals surface area contributed by atoms with Crippen LogP contribution in [0.5, 0.6) is 0 Å². The van der Waals surface area contributed by atoms with E-state index in [-0.39, 0.29) is 6.61 Å². The molecular weight excluding hydrogens is 128 g/mol. The molecule has 0 spiro atoms. The summed E-state index contributed by atoms with van der Waals surface area (Å²) in [6.45, 7) is 3.78. The van der Waals surface area contributed by atoms with E-state index in [1.165, 1.54) is 12.8 Å². The second-order valence-electron chi connectivity index (χ2n) is 3.24. The number of hydrogen-bond acceptors (Lipinski definition) is 2. The summed E-state index contributed by atoms with van der Waals surface area (Å²) >= 11 is 0. The first-order valence-corrected chi connectivity index (χ1v) is 4.01. The van der Waals surface area contributed by atoms with Crippen molar-refractivity contribution in [2.75, 3.05) is 19.8 Å². The van der Waals surface area contributed by atoms with Gasteiger partial charge >= 0.3 is 0 Å². The molecule has 0 aromatic rings. The van der Waals surface area contributed by atoms with Gasteiger partial charge in [-0.2, -0.15) is 0 Å². The van der Waals surface area contributed by atoms with E-state index in [9.17, 15) is 0 Å². The highest BCUT2D eigenvalue weighted by molar-refractivity contribution is 4.75. The molecule has 0 atom stereocenters. The molecule has 1 aliphatic carbocycles. The van der Waals surface area contributed by atoms with E-state index in [4.69, 9.17) is 9.84 Å². The lowest BCUT2D eigenvalue weighted by molar-refractivity contribution is 0.0302. The van der Waals surface area contributed by atoms with Gasteiger partial charge in [0.1, 0.15) is 0 Å². The summed E-state index contributed by atoms with van der Waals surface area (Å²) in [4.78, 5) is 0. The Kier molecular flexibility index (Phi) is 3.16. The molecule has 0 heterocycles. The largest absolute Gasteiger partial charge is 0.394 e. The first kappa shape index (κ1) is 8.02. The van der Waals surface area contributed by atoms with Crippen LogP contribution in [0.25, 0.3) is 0 Å². The van der Waals surface area contributed by atoms with E-state index >= 15 is 0 Å². The maximum atomic E-state index is 8.40. The van der Waals surface area contributed by atoms with Gasteiger partial charge in [0.05, 0.1) is 13.2 Å². The monoisotopic (exact) mass is 144 g/mol. The summed E-state index contributed by atoms with van der Waals surface area (Å²) in [6.07, 6.45) is 2.62. The van der Waals surface area contributed by atoms with Crippen molar-refractivity contribution in [3.8, 4) is 0 Å². The van der Waals surface area contributed by atoms with Crippen molar-refractivity contribution >= 4 is 0 Å². The topological polar surface area (TPSA) is 29.5 Å². The van der Waals surface area contributed by atoms with Gasteiger partial charge in [-0.25, -0.2) is 0 Å². The molecule has 1 fully saturated rings. The van der Waals surface area contributed by atoms with Gasteiger partial charge in [0.15, 0.2) is 0 Å². The van der Waals surface area contributed by atoms with Crippen molar-refractivity contribution in [3.63, 3.8) is 0 Å². The van der Waals surface area contributed by atoms with Crippen molar-refractivity contribution in [1.82, 2.24) is 0 Å². The van der Waals surface area contributed by atoms with E-state index in [1.807, 2.05) is 0 Å². The second-order valence-corrected chi connectivity index (χ2v) is 3.24. The average molecular weight is 144 g/mol. The fraction of sp³-hybridized carbons (Fsp3) is 1.00. The normalized spacial score (nSPS) is 31.8. The highest BCUT2D eigenvalue weighted by atomic mass is 16.5. The zero-order valence-corrected chi connectivity index (χ0v) is 6.55. The van der Waals surface area contributed by atoms with Gasteiger partial charge in [-0.15, -0.1) is 0 Å². The van der Waals surface area contributed by atoms with Crippen LogP contribution in [0.2, 0.25) is 0 Å². The van der Waals surface area contributed by atoms with Crippen LogP contribution in [0, 0.1) is 11.8 Å². The molecule has 0 aromatic heterocycles. The Morgan fingerprint density at radius 2 is 2.20 bits per heavy atom. The molecule has 0 saturated heterocycles. The fourth-order valence-corrected chi connectivity index (χ4v) is 1.52. The second kappa shape index (κ2) is 3.94. The zero-order valence-electron chi connectivity index (χ0n) is 6.55. The van der Waals surface area contributed by atoms with Crippen LogP contribution in [-0.4, -0.2) is 24.9 Å². The molecule has 1 aliphatic rings. The van der Waals surface area contributed by atoms with Crippen LogP contribution in [0.15, 0.2) is 0 Å². The molecule has 2 nitrogen and oxygen atoms in total. The third-order valence-corrected chi connectivity index (χ3v) is 2.06. The van der Waals surface area contributed by atoms with Crippen molar-refractivity contribution in [2.45, 2.75) is 19.8 Å². The van der Waals surface area contributed by atoms with E-state index < -0.39 is 0 Å². The van der Waals surface area contributed by atoms with E-state index in [0.29, 0.717) is 6.61 Å². The quantitative estimate of drug-likeness (QED) is 0.597. The Bertz CT molecular complexity index is 87.3. The highest BCUT2D eigenvalue weighted by Crippen LogP contribution is 2.32. The van der Waals surface area contributed by atoms with Gasteiger partial charge in [0, 0.05) is 6.61 Å². The predicted molar refractivity (Wildman–Crippen MR) is 39.8 cm³/mol. The number of aliphatic hydroxyl groups excluding tert-OH is 1. The predicted octanol–water partition coefficient (Wildman–Crippen LogP) is 1.04. The smallest absolute Gasteiger partial charge is 0.0697 e. The fourth-order valence-electron chi connectivity index (χ4n) is 1.52.